The lowest BCUT2D eigenvalue weighted by Crippen LogP contribution is -2.04. The molecule has 0 radical (unpaired) electrons. The molecule has 0 heterocycles. The number of ether oxygens (including phenoxy) is 1. The first-order valence-electron chi connectivity index (χ1n) is 3.81. The van der Waals surface area contributed by atoms with Crippen LogP contribution in [0.15, 0.2) is 12.1 Å². The molecule has 7 nitrogen and oxygen atoms in total. The Hall–Kier alpha value is -2.31. The van der Waals surface area contributed by atoms with E-state index in [4.69, 9.17) is 5.11 Å². The standard InChI is InChI=1S/C8H7NO6/c1-4-2-3-5(15-8(11)12)7(10)6(4)9(13)14/h2-3,10H,1H3,(H,11,12). The number of hydrogen-bond acceptors (Lipinski definition) is 5. The number of aryl methyl sites for hydroxylation is 1. The number of carboxylic acid groups (broad SMARTS) is 1. The zero-order chi connectivity index (χ0) is 11.6. The van der Waals surface area contributed by atoms with Crippen molar-refractivity contribution in [2.24, 2.45) is 0 Å². The summed E-state index contributed by atoms with van der Waals surface area (Å²) in [7, 11) is 0. The Bertz CT molecular complexity index is 427. The van der Waals surface area contributed by atoms with Gasteiger partial charge < -0.3 is 14.9 Å². The predicted octanol–water partition coefficient (Wildman–Crippen LogP) is 1.67. The molecule has 0 aliphatic carbocycles. The maximum atomic E-state index is 10.5. The second-order valence-corrected chi connectivity index (χ2v) is 2.70. The molecule has 0 aliphatic heterocycles. The molecule has 0 saturated heterocycles. The van der Waals surface area contributed by atoms with E-state index in [9.17, 15) is 20.0 Å². The highest BCUT2D eigenvalue weighted by Gasteiger charge is 2.22. The summed E-state index contributed by atoms with van der Waals surface area (Å²) in [6, 6.07) is 2.43. The topological polar surface area (TPSA) is 110 Å². The number of nitrogens with zero attached hydrogens (tertiary/aromatic N) is 1. The average molecular weight is 213 g/mol. The predicted molar refractivity (Wildman–Crippen MR) is 48.2 cm³/mol. The monoisotopic (exact) mass is 213 g/mol. The molecule has 7 heteroatoms. The van der Waals surface area contributed by atoms with Crippen molar-refractivity contribution >= 4 is 11.8 Å². The Balaban J connectivity index is 3.28. The minimum Gasteiger partial charge on any atom is -0.499 e. The van der Waals surface area contributed by atoms with Crippen LogP contribution in [0.3, 0.4) is 0 Å². The van der Waals surface area contributed by atoms with E-state index in [0.717, 1.165) is 6.07 Å². The van der Waals surface area contributed by atoms with Gasteiger partial charge in [-0.1, -0.05) is 0 Å². The molecule has 0 aromatic heterocycles. The first-order chi connectivity index (χ1) is 6.93. The van der Waals surface area contributed by atoms with Crippen LogP contribution < -0.4 is 4.74 Å². The number of phenolic OH excluding ortho intramolecular Hbond substituents is 1. The third-order valence-corrected chi connectivity index (χ3v) is 1.70. The van der Waals surface area contributed by atoms with Gasteiger partial charge in [-0.05, 0) is 19.1 Å². The molecule has 0 bridgehead atoms. The molecule has 0 amide bonds. The van der Waals surface area contributed by atoms with E-state index in [2.05, 4.69) is 4.74 Å². The summed E-state index contributed by atoms with van der Waals surface area (Å²) >= 11 is 0. The quantitative estimate of drug-likeness (QED) is 0.334. The van der Waals surface area contributed by atoms with Gasteiger partial charge in [0.2, 0.25) is 5.75 Å². The Kier molecular flexibility index (Phi) is 2.75. The average Bonchev–Trinajstić information content (AvgIpc) is 2.09. The maximum absolute atomic E-state index is 10.5. The molecule has 0 aliphatic rings. The smallest absolute Gasteiger partial charge is 0.499 e. The highest BCUT2D eigenvalue weighted by atomic mass is 16.7. The zero-order valence-electron chi connectivity index (χ0n) is 7.63. The van der Waals surface area contributed by atoms with Gasteiger partial charge in [0, 0.05) is 5.56 Å². The minimum atomic E-state index is -1.65. The van der Waals surface area contributed by atoms with Gasteiger partial charge in [-0.3, -0.25) is 10.1 Å². The van der Waals surface area contributed by atoms with Crippen LogP contribution in [0.4, 0.5) is 10.5 Å². The molecule has 0 fully saturated rings. The molecule has 2 N–H and O–H groups in total. The van der Waals surface area contributed by atoms with Crippen molar-refractivity contribution in [3.05, 3.63) is 27.8 Å². The number of carbonyl (C=O) groups is 1. The number of hydrogen-bond donors (Lipinski definition) is 2. The number of benzene rings is 1. The van der Waals surface area contributed by atoms with Crippen LogP contribution >= 0.6 is 0 Å². The van der Waals surface area contributed by atoms with Crippen LogP contribution in [0.2, 0.25) is 0 Å². The molecule has 80 valence electrons. The Morgan fingerprint density at radius 3 is 2.60 bits per heavy atom. The van der Waals surface area contributed by atoms with E-state index in [0.29, 0.717) is 0 Å². The molecule has 0 spiro atoms. The fourth-order valence-electron chi connectivity index (χ4n) is 1.07. The molecular weight excluding hydrogens is 206 g/mol. The SMILES string of the molecule is Cc1ccc(OC(=O)O)c(O)c1[N+](=O)[O-]. The second kappa shape index (κ2) is 3.82. The number of phenols is 1. The van der Waals surface area contributed by atoms with Crippen LogP contribution in [0, 0.1) is 17.0 Å². The second-order valence-electron chi connectivity index (χ2n) is 2.70. The number of nitro benzene ring substituents is 1. The Labute approximate surface area is 83.7 Å². The summed E-state index contributed by atoms with van der Waals surface area (Å²) in [6.45, 7) is 1.42. The molecule has 1 rings (SSSR count). The molecule has 0 atom stereocenters. The van der Waals surface area contributed by atoms with E-state index in [-0.39, 0.29) is 5.56 Å². The highest BCUT2D eigenvalue weighted by Crippen LogP contribution is 2.38. The van der Waals surface area contributed by atoms with Crippen LogP contribution in [-0.2, 0) is 0 Å². The van der Waals surface area contributed by atoms with Crippen LogP contribution in [-0.4, -0.2) is 21.3 Å². The first kappa shape index (κ1) is 10.8. The van der Waals surface area contributed by atoms with Crippen molar-refractivity contribution < 1.29 is 24.7 Å². The first-order valence-corrected chi connectivity index (χ1v) is 3.81. The van der Waals surface area contributed by atoms with Crippen molar-refractivity contribution in [1.82, 2.24) is 0 Å². The fourth-order valence-corrected chi connectivity index (χ4v) is 1.07. The van der Waals surface area contributed by atoms with Crippen molar-refractivity contribution in [3.8, 4) is 11.5 Å². The minimum absolute atomic E-state index is 0.218. The summed E-state index contributed by atoms with van der Waals surface area (Å²) in [4.78, 5) is 19.9. The third kappa shape index (κ3) is 2.13. The summed E-state index contributed by atoms with van der Waals surface area (Å²) in [5.41, 5.74) is -0.344. The fraction of sp³-hybridized carbons (Fsp3) is 0.125. The summed E-state index contributed by atoms with van der Waals surface area (Å²) in [5.74, 6) is -1.25. The molecule has 15 heavy (non-hydrogen) atoms. The van der Waals surface area contributed by atoms with E-state index in [1.807, 2.05) is 0 Å². The van der Waals surface area contributed by atoms with Gasteiger partial charge in [-0.2, -0.15) is 0 Å². The van der Waals surface area contributed by atoms with Crippen LogP contribution in [0.25, 0.3) is 0 Å². The van der Waals surface area contributed by atoms with Gasteiger partial charge in [-0.25, -0.2) is 4.79 Å². The van der Waals surface area contributed by atoms with E-state index in [1.54, 1.807) is 0 Å². The number of nitro groups is 1. The van der Waals surface area contributed by atoms with Gasteiger partial charge in [-0.15, -0.1) is 0 Å². The normalized spacial score (nSPS) is 9.67. The van der Waals surface area contributed by atoms with Crippen molar-refractivity contribution in [3.63, 3.8) is 0 Å². The summed E-state index contributed by atoms with van der Waals surface area (Å²) in [6.07, 6.45) is -1.65. The molecule has 0 saturated carbocycles. The molecule has 1 aromatic carbocycles. The van der Waals surface area contributed by atoms with E-state index >= 15 is 0 Å². The highest BCUT2D eigenvalue weighted by molar-refractivity contribution is 5.67. The lowest BCUT2D eigenvalue weighted by atomic mass is 10.2. The van der Waals surface area contributed by atoms with E-state index in [1.165, 1.54) is 13.0 Å². The Morgan fingerprint density at radius 1 is 1.53 bits per heavy atom. The van der Waals surface area contributed by atoms with E-state index < -0.39 is 28.3 Å². The summed E-state index contributed by atoms with van der Waals surface area (Å²) < 4.78 is 4.15. The molecule has 0 unspecified atom stereocenters. The van der Waals surface area contributed by atoms with Gasteiger partial charge >= 0.3 is 11.8 Å². The van der Waals surface area contributed by atoms with Crippen molar-refractivity contribution in [1.29, 1.82) is 0 Å². The Morgan fingerprint density at radius 2 is 2.13 bits per heavy atom. The molecular formula is C8H7NO6. The number of aromatic hydroxyl groups is 1. The van der Waals surface area contributed by atoms with Gasteiger partial charge in [0.05, 0.1) is 4.92 Å². The van der Waals surface area contributed by atoms with Gasteiger partial charge in [0.1, 0.15) is 0 Å². The largest absolute Gasteiger partial charge is 0.511 e. The lowest BCUT2D eigenvalue weighted by Gasteiger charge is -2.04. The van der Waals surface area contributed by atoms with Crippen LogP contribution in [0.5, 0.6) is 11.5 Å². The lowest BCUT2D eigenvalue weighted by molar-refractivity contribution is -0.386. The third-order valence-electron chi connectivity index (χ3n) is 1.70. The summed E-state index contributed by atoms with van der Waals surface area (Å²) in [5, 5.41) is 28.2. The maximum Gasteiger partial charge on any atom is 0.511 e. The van der Waals surface area contributed by atoms with Gasteiger partial charge in [0.15, 0.2) is 5.75 Å². The number of rotatable bonds is 2. The van der Waals surface area contributed by atoms with Gasteiger partial charge in [0.25, 0.3) is 0 Å². The van der Waals surface area contributed by atoms with Crippen molar-refractivity contribution in [2.45, 2.75) is 6.92 Å². The molecule has 1 aromatic rings. The van der Waals surface area contributed by atoms with Crippen LogP contribution in [0.1, 0.15) is 5.56 Å². The van der Waals surface area contributed by atoms with Crippen molar-refractivity contribution in [2.75, 3.05) is 0 Å². The zero-order valence-corrected chi connectivity index (χ0v) is 7.63.